The van der Waals surface area contributed by atoms with Gasteiger partial charge in [-0.3, -0.25) is 18.9 Å². The van der Waals surface area contributed by atoms with Gasteiger partial charge in [0.15, 0.2) is 18.0 Å². The van der Waals surface area contributed by atoms with Crippen molar-refractivity contribution in [3.05, 3.63) is 54.0 Å². The SMILES string of the molecule is COCCOC(=O)[C@H](C)NP(=O)(OC[C@H]1O[C@@](C#N)(c2ccc3c(N)ncnn23)[C@H](OC(=O)C(C)C)[C@@H]1OC(=O)C(C)C)Oc1ccc(C(C)(C)C)cc1. The molecule has 0 radical (unpaired) electrons. The van der Waals surface area contributed by atoms with Crippen molar-refractivity contribution in [2.45, 2.75) is 90.8 Å². The highest BCUT2D eigenvalue weighted by molar-refractivity contribution is 7.52. The van der Waals surface area contributed by atoms with E-state index in [-0.39, 0.29) is 35.9 Å². The number of methoxy groups -OCH3 is 1. The van der Waals surface area contributed by atoms with Gasteiger partial charge in [-0.1, -0.05) is 60.6 Å². The number of hydrogen-bond donors (Lipinski definition) is 2. The number of nitrogens with zero attached hydrogens (tertiary/aromatic N) is 4. The van der Waals surface area contributed by atoms with Gasteiger partial charge < -0.3 is 33.9 Å². The van der Waals surface area contributed by atoms with E-state index in [1.165, 1.54) is 30.9 Å². The Kier molecular flexibility index (Phi) is 13.5. The molecule has 3 aromatic rings. The zero-order valence-electron chi connectivity index (χ0n) is 31.9. The molecule has 0 aliphatic carbocycles. The number of carbonyl (C=O) groups excluding carboxylic acids is 3. The minimum atomic E-state index is -4.53. The Morgan fingerprint density at radius 1 is 1.02 bits per heavy atom. The second-order valence-corrected chi connectivity index (χ2v) is 16.1. The molecule has 3 N–H and O–H groups in total. The van der Waals surface area contributed by atoms with Crippen molar-refractivity contribution < 1.29 is 51.7 Å². The fourth-order valence-corrected chi connectivity index (χ4v) is 6.89. The van der Waals surface area contributed by atoms with Crippen molar-refractivity contribution in [3.8, 4) is 11.8 Å². The van der Waals surface area contributed by atoms with Crippen molar-refractivity contribution in [1.29, 1.82) is 5.26 Å². The third-order valence-corrected chi connectivity index (χ3v) is 10.1. The smallest absolute Gasteiger partial charge is 0.459 e. The average Bonchev–Trinajstić information content (AvgIpc) is 3.67. The van der Waals surface area contributed by atoms with Crippen LogP contribution in [0.25, 0.3) is 5.52 Å². The Morgan fingerprint density at radius 3 is 2.26 bits per heavy atom. The minimum Gasteiger partial charge on any atom is -0.462 e. The van der Waals surface area contributed by atoms with Gasteiger partial charge in [0.2, 0.25) is 5.60 Å². The predicted octanol–water partition coefficient (Wildman–Crippen LogP) is 4.23. The lowest BCUT2D eigenvalue weighted by Gasteiger charge is -2.29. The summed E-state index contributed by atoms with van der Waals surface area (Å²) in [5.74, 6) is -3.27. The van der Waals surface area contributed by atoms with E-state index in [1.54, 1.807) is 58.0 Å². The molecule has 0 bridgehead atoms. The van der Waals surface area contributed by atoms with E-state index < -0.39 is 74.1 Å². The Labute approximate surface area is 314 Å². The predicted molar refractivity (Wildman–Crippen MR) is 194 cm³/mol. The highest BCUT2D eigenvalue weighted by Gasteiger charge is 2.63. The molecular formula is C36H49N6O11P. The van der Waals surface area contributed by atoms with Crippen LogP contribution in [0.15, 0.2) is 42.7 Å². The van der Waals surface area contributed by atoms with Gasteiger partial charge in [0.1, 0.15) is 42.4 Å². The lowest BCUT2D eigenvalue weighted by Crippen LogP contribution is -2.47. The van der Waals surface area contributed by atoms with Crippen LogP contribution in [0.3, 0.4) is 0 Å². The first-order chi connectivity index (χ1) is 25.4. The fraction of sp³-hybridized carbons (Fsp3) is 0.556. The molecule has 1 aliphatic heterocycles. The second-order valence-electron chi connectivity index (χ2n) is 14.4. The Bertz CT molecular complexity index is 1890. The molecule has 54 heavy (non-hydrogen) atoms. The van der Waals surface area contributed by atoms with Crippen LogP contribution in [-0.2, 0) is 58.2 Å². The maximum Gasteiger partial charge on any atom is 0.459 e. The molecule has 1 saturated heterocycles. The number of nitriles is 1. The molecule has 1 fully saturated rings. The largest absolute Gasteiger partial charge is 0.462 e. The molecule has 1 aliphatic rings. The number of carbonyl (C=O) groups is 3. The molecule has 1 aromatic carbocycles. The van der Waals surface area contributed by atoms with Gasteiger partial charge in [0.05, 0.1) is 30.7 Å². The number of fused-ring (bicyclic) bond motifs is 1. The van der Waals surface area contributed by atoms with E-state index in [2.05, 4.69) is 21.2 Å². The monoisotopic (exact) mass is 772 g/mol. The van der Waals surface area contributed by atoms with Crippen LogP contribution in [-0.4, -0.2) is 83.8 Å². The number of nitrogens with two attached hydrogens (primary N) is 1. The van der Waals surface area contributed by atoms with Gasteiger partial charge in [-0.25, -0.2) is 14.1 Å². The van der Waals surface area contributed by atoms with Crippen molar-refractivity contribution in [1.82, 2.24) is 19.7 Å². The van der Waals surface area contributed by atoms with Crippen molar-refractivity contribution >= 4 is 37.0 Å². The summed E-state index contributed by atoms with van der Waals surface area (Å²) in [6.45, 7) is 13.3. The summed E-state index contributed by atoms with van der Waals surface area (Å²) in [5, 5.41) is 17.8. The molecule has 1 unspecified atom stereocenters. The van der Waals surface area contributed by atoms with Gasteiger partial charge in [0.25, 0.3) is 0 Å². The van der Waals surface area contributed by atoms with Crippen LogP contribution in [0, 0.1) is 23.2 Å². The number of aromatic nitrogens is 3. The van der Waals surface area contributed by atoms with Crippen LogP contribution in [0.1, 0.15) is 66.6 Å². The van der Waals surface area contributed by atoms with Crippen molar-refractivity contribution in [3.63, 3.8) is 0 Å². The highest BCUT2D eigenvalue weighted by atomic mass is 31.2. The molecule has 6 atom stereocenters. The van der Waals surface area contributed by atoms with Crippen molar-refractivity contribution in [2.75, 3.05) is 32.7 Å². The van der Waals surface area contributed by atoms with E-state index in [0.717, 1.165) is 5.56 Å². The van der Waals surface area contributed by atoms with E-state index >= 15 is 0 Å². The van der Waals surface area contributed by atoms with Crippen LogP contribution in [0.5, 0.6) is 5.75 Å². The van der Waals surface area contributed by atoms with Crippen LogP contribution < -0.4 is 15.3 Å². The van der Waals surface area contributed by atoms with Gasteiger partial charge in [0, 0.05) is 7.11 Å². The molecule has 4 rings (SSSR count). The summed E-state index contributed by atoms with van der Waals surface area (Å²) >= 11 is 0. The number of esters is 3. The standard InChI is InChI=1S/C36H49N6O11P/c1-21(2)32(43)50-29-27(52-36(19-37,30(29)51-33(44)22(3)4)28-15-14-26-31(38)39-20-40-42(26)28)18-49-54(46,41-23(5)34(45)48-17-16-47-9)53-25-12-10-24(11-13-25)35(6,7)8/h10-15,20-23,27,29-30H,16-18H2,1-9H3,(H,41,46)(H2,38,39,40)/t23-,27+,29+,30+,36-,54?/m0/s1. The normalized spacial score (nSPS) is 21.7. The minimum absolute atomic E-state index is 0.0574. The quantitative estimate of drug-likeness (QED) is 0.0899. The number of nitrogens with one attached hydrogen (secondary N) is 1. The number of rotatable bonds is 16. The third kappa shape index (κ3) is 9.55. The molecule has 294 valence electrons. The summed E-state index contributed by atoms with van der Waals surface area (Å²) in [6.07, 6.45) is -3.31. The summed E-state index contributed by atoms with van der Waals surface area (Å²) in [6, 6.07) is 10.8. The number of nitrogen functional groups attached to an aromatic ring is 1. The molecule has 2 aromatic heterocycles. The second kappa shape index (κ2) is 17.3. The maximum absolute atomic E-state index is 14.6. The summed E-state index contributed by atoms with van der Waals surface area (Å²) in [7, 11) is -3.08. The third-order valence-electron chi connectivity index (χ3n) is 8.46. The molecular weight excluding hydrogens is 723 g/mol. The van der Waals surface area contributed by atoms with Gasteiger partial charge in [-0.05, 0) is 42.2 Å². The Hall–Kier alpha value is -4.59. The van der Waals surface area contributed by atoms with E-state index in [4.69, 9.17) is 38.5 Å². The van der Waals surface area contributed by atoms with Crippen molar-refractivity contribution in [2.24, 2.45) is 11.8 Å². The fourth-order valence-electron chi connectivity index (χ4n) is 5.39. The van der Waals surface area contributed by atoms with Crippen LogP contribution >= 0.6 is 7.75 Å². The van der Waals surface area contributed by atoms with E-state index in [9.17, 15) is 24.2 Å². The lowest BCUT2D eigenvalue weighted by atomic mass is 9.87. The number of hydrogen-bond acceptors (Lipinski definition) is 15. The van der Waals surface area contributed by atoms with Gasteiger partial charge in [-0.15, -0.1) is 0 Å². The summed E-state index contributed by atoms with van der Waals surface area (Å²) in [5.41, 5.74) is 5.09. The Morgan fingerprint density at radius 2 is 1.67 bits per heavy atom. The number of ether oxygens (including phenoxy) is 5. The van der Waals surface area contributed by atoms with Crippen LogP contribution in [0.2, 0.25) is 0 Å². The topological polar surface area (TPSA) is 225 Å². The van der Waals surface area contributed by atoms with Crippen LogP contribution in [0.4, 0.5) is 5.82 Å². The highest BCUT2D eigenvalue weighted by Crippen LogP contribution is 2.49. The first-order valence-electron chi connectivity index (χ1n) is 17.4. The molecule has 0 amide bonds. The summed E-state index contributed by atoms with van der Waals surface area (Å²) < 4.78 is 56.2. The molecule has 17 nitrogen and oxygen atoms in total. The molecule has 18 heteroatoms. The first kappa shape index (κ1) is 42.2. The maximum atomic E-state index is 14.6. The lowest BCUT2D eigenvalue weighted by molar-refractivity contribution is -0.173. The zero-order valence-corrected chi connectivity index (χ0v) is 32.8. The summed E-state index contributed by atoms with van der Waals surface area (Å²) in [4.78, 5) is 43.2. The first-order valence-corrected chi connectivity index (χ1v) is 19.0. The zero-order chi connectivity index (χ0) is 40.0. The van der Waals surface area contributed by atoms with Gasteiger partial charge >= 0.3 is 25.7 Å². The Balaban J connectivity index is 1.78. The van der Waals surface area contributed by atoms with E-state index in [1.807, 2.05) is 20.8 Å². The molecule has 0 saturated carbocycles. The van der Waals surface area contributed by atoms with E-state index in [0.29, 0.717) is 5.52 Å². The average molecular weight is 773 g/mol. The number of anilines is 1. The number of benzene rings is 1. The van der Waals surface area contributed by atoms with Gasteiger partial charge in [-0.2, -0.15) is 15.4 Å². The molecule has 3 heterocycles. The molecule has 0 spiro atoms.